The maximum absolute atomic E-state index is 6.83. The third kappa shape index (κ3) is 6.80. The van der Waals surface area contributed by atoms with Crippen LogP contribution in [0.25, 0.3) is 109 Å². The van der Waals surface area contributed by atoms with Crippen molar-refractivity contribution in [2.75, 3.05) is 9.80 Å². The van der Waals surface area contributed by atoms with Crippen LogP contribution in [0.4, 0.5) is 34.1 Å². The molecular weight excluding hydrogens is 933 g/mol. The van der Waals surface area contributed by atoms with Gasteiger partial charge in [-0.1, -0.05) is 151 Å². The molecule has 6 nitrogen and oxygen atoms in total. The van der Waals surface area contributed by atoms with Crippen LogP contribution in [0.2, 0.25) is 0 Å². The minimum absolute atomic E-state index is 0.121. The number of nitrogens with zero attached hydrogens (tertiary/aromatic N) is 2. The molecule has 0 amide bonds. The first-order valence-electron chi connectivity index (χ1n) is 26.2. The van der Waals surface area contributed by atoms with E-state index in [1.165, 1.54) is 11.1 Å². The fourth-order valence-electron chi connectivity index (χ4n) is 12.0. The highest BCUT2D eigenvalue weighted by Gasteiger charge is 2.28. The summed E-state index contributed by atoms with van der Waals surface area (Å²) in [5.41, 5.74) is 15.2. The van der Waals surface area contributed by atoms with Crippen molar-refractivity contribution in [2.45, 2.75) is 52.4 Å². The molecule has 0 radical (unpaired) electrons. The summed E-state index contributed by atoms with van der Waals surface area (Å²) in [6.07, 6.45) is 0. The molecule has 0 saturated heterocycles. The molecule has 0 fully saturated rings. The Hall–Kier alpha value is -9.26. The molecule has 0 atom stereocenters. The zero-order valence-corrected chi connectivity index (χ0v) is 43.2. The Labute approximate surface area is 438 Å². The second-order valence-corrected chi connectivity index (χ2v) is 22.5. The van der Waals surface area contributed by atoms with Crippen LogP contribution >= 0.6 is 0 Å². The van der Waals surface area contributed by atoms with E-state index in [2.05, 4.69) is 233 Å². The molecule has 11 aromatic carbocycles. The molecule has 76 heavy (non-hydrogen) atoms. The van der Waals surface area contributed by atoms with E-state index in [4.69, 9.17) is 17.7 Å². The van der Waals surface area contributed by atoms with Crippen LogP contribution in [-0.4, -0.2) is 0 Å². The minimum Gasteiger partial charge on any atom is -0.456 e. The van der Waals surface area contributed by atoms with Gasteiger partial charge >= 0.3 is 0 Å². The summed E-state index contributed by atoms with van der Waals surface area (Å²) >= 11 is 0. The Bertz CT molecular complexity index is 4570. The van der Waals surface area contributed by atoms with Gasteiger partial charge in [0.05, 0.1) is 11.4 Å². The normalized spacial score (nSPS) is 12.6. The minimum atomic E-state index is -0.121. The highest BCUT2D eigenvalue weighted by atomic mass is 16.3. The smallest absolute Gasteiger partial charge is 0.159 e. The average Bonchev–Trinajstić information content (AvgIpc) is 4.30. The van der Waals surface area contributed by atoms with Gasteiger partial charge in [0.25, 0.3) is 0 Å². The van der Waals surface area contributed by atoms with Gasteiger partial charge < -0.3 is 27.5 Å². The van der Waals surface area contributed by atoms with Crippen molar-refractivity contribution in [2.24, 2.45) is 0 Å². The number of hydrogen-bond donors (Lipinski definition) is 0. The zero-order valence-electron chi connectivity index (χ0n) is 43.2. The molecule has 0 N–H and O–H groups in total. The first-order valence-corrected chi connectivity index (χ1v) is 26.2. The first kappa shape index (κ1) is 44.2. The lowest BCUT2D eigenvalue weighted by molar-refractivity contribution is 0.590. The van der Waals surface area contributed by atoms with Gasteiger partial charge in [-0.3, -0.25) is 0 Å². The molecule has 0 aliphatic heterocycles. The third-order valence-electron chi connectivity index (χ3n) is 15.6. The van der Waals surface area contributed by atoms with E-state index in [1.54, 1.807) is 0 Å². The maximum atomic E-state index is 6.83. The van der Waals surface area contributed by atoms with Gasteiger partial charge in [0.2, 0.25) is 0 Å². The SMILES string of the molecule is CC(C)(C)c1ccccc1N(c1ccc2cc3c(cc2c1)oc1cc2c(cc13)oc1cc3cc(N(c4ccccc4C(C)(C)C)c4cccc5c4oc4ccccc45)ccc3cc12)c1cccc2c1oc1ccccc12. The topological polar surface area (TPSA) is 59.0 Å². The lowest BCUT2D eigenvalue weighted by Crippen LogP contribution is -2.19. The van der Waals surface area contributed by atoms with Crippen molar-refractivity contribution >= 4 is 143 Å². The van der Waals surface area contributed by atoms with Gasteiger partial charge in [0.1, 0.15) is 33.5 Å². The molecule has 4 aromatic heterocycles. The van der Waals surface area contributed by atoms with Crippen LogP contribution in [0.3, 0.4) is 0 Å². The number of rotatable bonds is 6. The van der Waals surface area contributed by atoms with Gasteiger partial charge in [-0.05, 0) is 141 Å². The van der Waals surface area contributed by atoms with E-state index in [0.717, 1.165) is 143 Å². The van der Waals surface area contributed by atoms with E-state index >= 15 is 0 Å². The molecule has 0 bridgehead atoms. The van der Waals surface area contributed by atoms with Crippen molar-refractivity contribution in [1.82, 2.24) is 0 Å². The highest BCUT2D eigenvalue weighted by Crippen LogP contribution is 2.49. The standard InChI is InChI=1S/C70H52N2O4/c1-69(2,3)55-21-9-11-23-57(55)71(59-25-15-19-49-47-17-7-13-27-61(47)75-67(49)59)45-31-29-41-35-51-53-39-66-54(40-65(53)73-63(51)37-43(41)33-45)52-36-42-30-32-46(34-44(42)38-64(52)74-66)72(58-24-12-10-22-56(58)70(4,5)6)60-26-16-20-50-48-18-8-14-28-62(48)76-68(50)60/h7-40H,1-6H3. The summed E-state index contributed by atoms with van der Waals surface area (Å²) in [6, 6.07) is 73.6. The Morgan fingerprint density at radius 1 is 0.263 bits per heavy atom. The Morgan fingerprint density at radius 3 is 1.08 bits per heavy atom. The Balaban J connectivity index is 0.851. The van der Waals surface area contributed by atoms with Gasteiger partial charge in [0.15, 0.2) is 11.2 Å². The van der Waals surface area contributed by atoms with Crippen molar-refractivity contribution < 1.29 is 17.7 Å². The third-order valence-corrected chi connectivity index (χ3v) is 15.6. The van der Waals surface area contributed by atoms with Crippen LogP contribution in [-0.2, 0) is 10.8 Å². The Kier molecular flexibility index (Phi) is 9.38. The van der Waals surface area contributed by atoms with Crippen molar-refractivity contribution in [1.29, 1.82) is 0 Å². The molecular formula is C70H52N2O4. The molecule has 0 aliphatic rings. The van der Waals surface area contributed by atoms with Gasteiger partial charge in [-0.2, -0.15) is 0 Å². The zero-order chi connectivity index (χ0) is 51.2. The quantitative estimate of drug-likeness (QED) is 0.165. The molecule has 15 rings (SSSR count). The number of furan rings is 4. The summed E-state index contributed by atoms with van der Waals surface area (Å²) in [7, 11) is 0. The van der Waals surface area contributed by atoms with Crippen molar-refractivity contribution in [3.8, 4) is 0 Å². The van der Waals surface area contributed by atoms with E-state index in [0.29, 0.717) is 0 Å². The van der Waals surface area contributed by atoms with Crippen molar-refractivity contribution in [3.63, 3.8) is 0 Å². The number of hydrogen-bond acceptors (Lipinski definition) is 6. The highest BCUT2D eigenvalue weighted by molar-refractivity contribution is 6.19. The molecule has 0 aliphatic carbocycles. The van der Waals surface area contributed by atoms with Crippen LogP contribution in [0, 0.1) is 0 Å². The summed E-state index contributed by atoms with van der Waals surface area (Å²) in [5, 5.41) is 12.9. The molecule has 15 aromatic rings. The molecule has 0 spiro atoms. The summed E-state index contributed by atoms with van der Waals surface area (Å²) in [5.74, 6) is 0. The van der Waals surface area contributed by atoms with E-state index in [9.17, 15) is 0 Å². The molecule has 4 heterocycles. The number of para-hydroxylation sites is 6. The second kappa shape index (κ2) is 16.1. The lowest BCUT2D eigenvalue weighted by atomic mass is 9.85. The number of benzene rings is 11. The van der Waals surface area contributed by atoms with Crippen LogP contribution in [0.15, 0.2) is 224 Å². The van der Waals surface area contributed by atoms with Gasteiger partial charge in [-0.25, -0.2) is 0 Å². The van der Waals surface area contributed by atoms with E-state index in [-0.39, 0.29) is 10.8 Å². The van der Waals surface area contributed by atoms with Crippen LogP contribution < -0.4 is 9.80 Å². The van der Waals surface area contributed by atoms with Crippen LogP contribution in [0.5, 0.6) is 0 Å². The monoisotopic (exact) mass is 984 g/mol. The lowest BCUT2D eigenvalue weighted by Gasteiger charge is -2.32. The average molecular weight is 985 g/mol. The van der Waals surface area contributed by atoms with E-state index in [1.807, 2.05) is 24.3 Å². The number of fused-ring (bicyclic) bond motifs is 14. The molecule has 0 unspecified atom stereocenters. The largest absolute Gasteiger partial charge is 0.456 e. The summed E-state index contributed by atoms with van der Waals surface area (Å²) in [6.45, 7) is 13.6. The fourth-order valence-corrected chi connectivity index (χ4v) is 12.0. The molecule has 6 heteroatoms. The first-order chi connectivity index (χ1) is 36.9. The van der Waals surface area contributed by atoms with Crippen LogP contribution in [0.1, 0.15) is 52.7 Å². The number of anilines is 6. The summed E-state index contributed by atoms with van der Waals surface area (Å²) in [4.78, 5) is 4.73. The molecule has 0 saturated carbocycles. The fraction of sp³-hybridized carbons (Fsp3) is 0.114. The predicted octanol–water partition coefficient (Wildman–Crippen LogP) is 21.1. The van der Waals surface area contributed by atoms with Gasteiger partial charge in [-0.15, -0.1) is 0 Å². The van der Waals surface area contributed by atoms with Crippen molar-refractivity contribution in [3.05, 3.63) is 217 Å². The van der Waals surface area contributed by atoms with E-state index < -0.39 is 0 Å². The maximum Gasteiger partial charge on any atom is 0.159 e. The molecule has 366 valence electrons. The summed E-state index contributed by atoms with van der Waals surface area (Å²) < 4.78 is 27.0. The van der Waals surface area contributed by atoms with Gasteiger partial charge in [0, 0.05) is 65.8 Å². The second-order valence-electron chi connectivity index (χ2n) is 22.5. The Morgan fingerprint density at radius 2 is 0.632 bits per heavy atom. The predicted molar refractivity (Wildman–Crippen MR) is 317 cm³/mol.